The van der Waals surface area contributed by atoms with Gasteiger partial charge < -0.3 is 14.2 Å². The smallest absolute Gasteiger partial charge is 0.347 e. The van der Waals surface area contributed by atoms with Crippen molar-refractivity contribution < 1.29 is 23.8 Å². The first-order valence-corrected chi connectivity index (χ1v) is 7.13. The summed E-state index contributed by atoms with van der Waals surface area (Å²) in [4.78, 5) is 23.3. The van der Waals surface area contributed by atoms with Crippen molar-refractivity contribution in [1.82, 2.24) is 0 Å². The molecule has 1 aromatic rings. The molecule has 0 spiro atoms. The molecule has 1 aromatic carbocycles. The highest BCUT2D eigenvalue weighted by molar-refractivity contribution is 5.76. The van der Waals surface area contributed by atoms with Crippen LogP contribution in [-0.2, 0) is 19.1 Å². The first-order valence-electron chi connectivity index (χ1n) is 7.13. The van der Waals surface area contributed by atoms with E-state index < -0.39 is 12.1 Å². The second kappa shape index (κ2) is 9.00. The van der Waals surface area contributed by atoms with Crippen LogP contribution in [0.2, 0.25) is 0 Å². The Balaban J connectivity index is 2.71. The SMILES string of the molecule is CCOC(=O)CCC(Oc1ccccc1C)C(=O)OCC. The highest BCUT2D eigenvalue weighted by Crippen LogP contribution is 2.20. The minimum Gasteiger partial charge on any atom is -0.478 e. The van der Waals surface area contributed by atoms with Crippen LogP contribution in [0.5, 0.6) is 5.75 Å². The van der Waals surface area contributed by atoms with Gasteiger partial charge in [-0.05, 0) is 32.4 Å². The fourth-order valence-electron chi connectivity index (χ4n) is 1.78. The molecule has 21 heavy (non-hydrogen) atoms. The monoisotopic (exact) mass is 294 g/mol. The van der Waals surface area contributed by atoms with Crippen LogP contribution in [0.3, 0.4) is 0 Å². The molecule has 0 saturated heterocycles. The van der Waals surface area contributed by atoms with Crippen LogP contribution >= 0.6 is 0 Å². The van der Waals surface area contributed by atoms with Crippen LogP contribution in [0.4, 0.5) is 0 Å². The predicted octanol–water partition coefficient (Wildman–Crippen LogP) is 2.65. The Morgan fingerprint density at radius 1 is 1.10 bits per heavy atom. The van der Waals surface area contributed by atoms with Gasteiger partial charge in [0, 0.05) is 12.8 Å². The minimum atomic E-state index is -0.810. The van der Waals surface area contributed by atoms with Gasteiger partial charge in [0.15, 0.2) is 6.10 Å². The molecular weight excluding hydrogens is 272 g/mol. The lowest BCUT2D eigenvalue weighted by molar-refractivity contribution is -0.152. The average Bonchev–Trinajstić information content (AvgIpc) is 2.45. The van der Waals surface area contributed by atoms with E-state index in [9.17, 15) is 9.59 Å². The molecule has 0 fully saturated rings. The molecule has 1 unspecified atom stereocenters. The van der Waals surface area contributed by atoms with Crippen LogP contribution in [-0.4, -0.2) is 31.3 Å². The number of para-hydroxylation sites is 1. The van der Waals surface area contributed by atoms with E-state index in [-0.39, 0.29) is 25.4 Å². The Bertz CT molecular complexity index is 469. The van der Waals surface area contributed by atoms with Crippen LogP contribution < -0.4 is 4.74 Å². The molecule has 0 radical (unpaired) electrons. The van der Waals surface area contributed by atoms with Crippen molar-refractivity contribution in [2.24, 2.45) is 0 Å². The molecule has 5 heteroatoms. The lowest BCUT2D eigenvalue weighted by Crippen LogP contribution is -2.30. The maximum Gasteiger partial charge on any atom is 0.347 e. The Morgan fingerprint density at radius 2 is 1.76 bits per heavy atom. The topological polar surface area (TPSA) is 61.8 Å². The third-order valence-corrected chi connectivity index (χ3v) is 2.83. The zero-order chi connectivity index (χ0) is 15.7. The van der Waals surface area contributed by atoms with Gasteiger partial charge in [-0.25, -0.2) is 4.79 Å². The summed E-state index contributed by atoms with van der Waals surface area (Å²) >= 11 is 0. The molecule has 0 N–H and O–H groups in total. The van der Waals surface area contributed by atoms with Crippen molar-refractivity contribution in [3.63, 3.8) is 0 Å². The summed E-state index contributed by atoms with van der Waals surface area (Å²) in [6.07, 6.45) is -0.467. The average molecular weight is 294 g/mol. The summed E-state index contributed by atoms with van der Waals surface area (Å²) < 4.78 is 15.6. The number of ether oxygens (including phenoxy) is 3. The molecule has 5 nitrogen and oxygen atoms in total. The molecule has 0 saturated carbocycles. The summed E-state index contributed by atoms with van der Waals surface area (Å²) in [5.41, 5.74) is 0.919. The van der Waals surface area contributed by atoms with Crippen LogP contribution in [0.25, 0.3) is 0 Å². The van der Waals surface area contributed by atoms with Crippen molar-refractivity contribution in [3.8, 4) is 5.75 Å². The van der Waals surface area contributed by atoms with Gasteiger partial charge in [0.05, 0.1) is 13.2 Å². The number of rotatable bonds is 8. The first kappa shape index (κ1) is 17.0. The van der Waals surface area contributed by atoms with Crippen molar-refractivity contribution in [3.05, 3.63) is 29.8 Å². The van der Waals surface area contributed by atoms with Gasteiger partial charge >= 0.3 is 11.9 Å². The fraction of sp³-hybridized carbons (Fsp3) is 0.500. The summed E-state index contributed by atoms with van der Waals surface area (Å²) in [6.45, 7) is 5.95. The Labute approximate surface area is 125 Å². The molecule has 0 aliphatic carbocycles. The van der Waals surface area contributed by atoms with E-state index in [1.54, 1.807) is 19.9 Å². The van der Waals surface area contributed by atoms with Gasteiger partial charge in [0.2, 0.25) is 0 Å². The highest BCUT2D eigenvalue weighted by atomic mass is 16.6. The maximum atomic E-state index is 11.9. The van der Waals surface area contributed by atoms with Gasteiger partial charge in [-0.3, -0.25) is 4.79 Å². The van der Waals surface area contributed by atoms with E-state index in [2.05, 4.69) is 0 Å². The van der Waals surface area contributed by atoms with Crippen molar-refractivity contribution >= 4 is 11.9 Å². The molecule has 1 atom stereocenters. The van der Waals surface area contributed by atoms with Gasteiger partial charge in [-0.2, -0.15) is 0 Å². The molecule has 0 amide bonds. The quantitative estimate of drug-likeness (QED) is 0.690. The van der Waals surface area contributed by atoms with E-state index in [0.29, 0.717) is 12.4 Å². The largest absolute Gasteiger partial charge is 0.478 e. The zero-order valence-corrected chi connectivity index (χ0v) is 12.8. The molecular formula is C16H22O5. The van der Waals surface area contributed by atoms with E-state index >= 15 is 0 Å². The molecule has 1 rings (SSSR count). The van der Waals surface area contributed by atoms with Crippen molar-refractivity contribution in [1.29, 1.82) is 0 Å². The Kier molecular flexibility index (Phi) is 7.29. The summed E-state index contributed by atoms with van der Waals surface area (Å²) in [5.74, 6) is -0.204. The lowest BCUT2D eigenvalue weighted by atomic mass is 10.2. The summed E-state index contributed by atoms with van der Waals surface area (Å²) in [5, 5.41) is 0. The van der Waals surface area contributed by atoms with Crippen LogP contribution in [0.1, 0.15) is 32.3 Å². The Morgan fingerprint density at radius 3 is 2.38 bits per heavy atom. The van der Waals surface area contributed by atoms with Gasteiger partial charge in [-0.15, -0.1) is 0 Å². The van der Waals surface area contributed by atoms with E-state index in [4.69, 9.17) is 14.2 Å². The molecule has 0 aromatic heterocycles. The molecule has 116 valence electrons. The second-order valence-electron chi connectivity index (χ2n) is 4.47. The highest BCUT2D eigenvalue weighted by Gasteiger charge is 2.23. The predicted molar refractivity (Wildman–Crippen MR) is 78.1 cm³/mol. The third-order valence-electron chi connectivity index (χ3n) is 2.83. The standard InChI is InChI=1S/C16H22O5/c1-4-19-15(17)11-10-14(16(18)20-5-2)21-13-9-7-6-8-12(13)3/h6-9,14H,4-5,10-11H2,1-3H3. The summed E-state index contributed by atoms with van der Waals surface area (Å²) in [6, 6.07) is 7.39. The maximum absolute atomic E-state index is 11.9. The second-order valence-corrected chi connectivity index (χ2v) is 4.47. The van der Waals surface area contributed by atoms with Crippen LogP contribution in [0.15, 0.2) is 24.3 Å². The van der Waals surface area contributed by atoms with Gasteiger partial charge in [0.25, 0.3) is 0 Å². The molecule has 0 bridgehead atoms. The number of hydrogen-bond acceptors (Lipinski definition) is 5. The zero-order valence-electron chi connectivity index (χ0n) is 12.8. The number of esters is 2. The van der Waals surface area contributed by atoms with Crippen molar-refractivity contribution in [2.75, 3.05) is 13.2 Å². The van der Waals surface area contributed by atoms with E-state index in [1.807, 2.05) is 25.1 Å². The minimum absolute atomic E-state index is 0.114. The number of hydrogen-bond donors (Lipinski definition) is 0. The van der Waals surface area contributed by atoms with Gasteiger partial charge in [0.1, 0.15) is 5.75 Å². The molecule has 0 aliphatic heterocycles. The number of carbonyl (C=O) groups is 2. The Hall–Kier alpha value is -2.04. The third kappa shape index (κ3) is 5.85. The molecule has 0 aliphatic rings. The number of benzene rings is 1. The summed E-state index contributed by atoms with van der Waals surface area (Å²) in [7, 11) is 0. The van der Waals surface area contributed by atoms with Gasteiger partial charge in [-0.1, -0.05) is 18.2 Å². The number of aryl methyl sites for hydroxylation is 1. The van der Waals surface area contributed by atoms with E-state index in [1.165, 1.54) is 0 Å². The van der Waals surface area contributed by atoms with Crippen LogP contribution in [0, 0.1) is 6.92 Å². The number of carbonyl (C=O) groups excluding carboxylic acids is 2. The van der Waals surface area contributed by atoms with E-state index in [0.717, 1.165) is 5.56 Å². The lowest BCUT2D eigenvalue weighted by Gasteiger charge is -2.18. The normalized spacial score (nSPS) is 11.6. The van der Waals surface area contributed by atoms with Crippen molar-refractivity contribution in [2.45, 2.75) is 39.7 Å². The first-order chi connectivity index (χ1) is 10.1. The molecule has 0 heterocycles. The fourth-order valence-corrected chi connectivity index (χ4v) is 1.78.